The zero-order chi connectivity index (χ0) is 16.2. The Labute approximate surface area is 142 Å². The Morgan fingerprint density at radius 2 is 1.65 bits per heavy atom. The molecule has 1 heterocycles. The molecule has 0 fully saturated rings. The number of hydrogen-bond donors (Lipinski definition) is 0. The first kappa shape index (κ1) is 15.4. The molecule has 3 aromatic rings. The summed E-state index contributed by atoms with van der Waals surface area (Å²) in [5, 5.41) is 0. The van der Waals surface area contributed by atoms with Crippen molar-refractivity contribution in [2.45, 2.75) is 0 Å². The van der Waals surface area contributed by atoms with Crippen LogP contribution in [-0.4, -0.2) is 23.0 Å². The minimum absolute atomic E-state index is 0.253. The monoisotopic (exact) mass is 368 g/mol. The first-order valence-electron chi connectivity index (χ1n) is 6.95. The summed E-state index contributed by atoms with van der Waals surface area (Å²) < 4.78 is 5.83. The summed E-state index contributed by atoms with van der Waals surface area (Å²) in [7, 11) is 1.35. The molecule has 3 rings (SSSR count). The summed E-state index contributed by atoms with van der Waals surface area (Å²) >= 11 is 3.42. The Bertz CT molecular complexity index is 833. The summed E-state index contributed by atoms with van der Waals surface area (Å²) in [5.74, 6) is -0.484. The maximum atomic E-state index is 12.1. The van der Waals surface area contributed by atoms with Crippen molar-refractivity contribution in [3.8, 4) is 22.4 Å². The van der Waals surface area contributed by atoms with E-state index in [1.54, 1.807) is 0 Å². The van der Waals surface area contributed by atoms with E-state index in [1.807, 2.05) is 54.6 Å². The molecule has 114 valence electrons. The van der Waals surface area contributed by atoms with Gasteiger partial charge in [-0.15, -0.1) is 0 Å². The number of halogens is 1. The van der Waals surface area contributed by atoms with Crippen LogP contribution >= 0.6 is 15.9 Å². The second kappa shape index (κ2) is 6.71. The average Bonchev–Trinajstić information content (AvgIpc) is 2.62. The Morgan fingerprint density at radius 3 is 2.30 bits per heavy atom. The highest BCUT2D eigenvalue weighted by Gasteiger charge is 2.20. The number of rotatable bonds is 3. The molecule has 0 unspecified atom stereocenters. The molecule has 0 atom stereocenters. The molecule has 2 aromatic carbocycles. The van der Waals surface area contributed by atoms with Crippen molar-refractivity contribution >= 4 is 21.9 Å². The van der Waals surface area contributed by atoms with Crippen molar-refractivity contribution < 1.29 is 9.53 Å². The SMILES string of the molecule is COC(=O)c1ncnc(-c2ccccc2)c1-c1ccc(Br)cc1. The minimum atomic E-state index is -0.484. The fourth-order valence-electron chi connectivity index (χ4n) is 2.34. The molecule has 0 aliphatic rings. The first-order chi connectivity index (χ1) is 11.2. The van der Waals surface area contributed by atoms with Gasteiger partial charge in [0.15, 0.2) is 5.69 Å². The third-order valence-electron chi connectivity index (χ3n) is 3.41. The van der Waals surface area contributed by atoms with Crippen molar-refractivity contribution in [1.82, 2.24) is 9.97 Å². The number of carbonyl (C=O) groups excluding carboxylic acids is 1. The lowest BCUT2D eigenvalue weighted by molar-refractivity contribution is 0.0595. The molecular weight excluding hydrogens is 356 g/mol. The van der Waals surface area contributed by atoms with E-state index in [-0.39, 0.29) is 5.69 Å². The van der Waals surface area contributed by atoms with Crippen LogP contribution in [0.4, 0.5) is 0 Å². The summed E-state index contributed by atoms with van der Waals surface area (Å²) in [6.45, 7) is 0. The molecule has 0 amide bonds. The summed E-state index contributed by atoms with van der Waals surface area (Å²) in [4.78, 5) is 20.7. The van der Waals surface area contributed by atoms with E-state index in [0.717, 1.165) is 15.6 Å². The predicted octanol–water partition coefficient (Wildman–Crippen LogP) is 4.36. The van der Waals surface area contributed by atoms with Gasteiger partial charge in [0.2, 0.25) is 0 Å². The van der Waals surface area contributed by atoms with Gasteiger partial charge in [0.25, 0.3) is 0 Å². The molecule has 0 bridgehead atoms. The van der Waals surface area contributed by atoms with E-state index >= 15 is 0 Å². The van der Waals surface area contributed by atoms with Crippen LogP contribution in [0, 0.1) is 0 Å². The minimum Gasteiger partial charge on any atom is -0.464 e. The molecule has 0 aliphatic carbocycles. The summed E-state index contributed by atoms with van der Waals surface area (Å²) in [6, 6.07) is 17.4. The van der Waals surface area contributed by atoms with Crippen LogP contribution in [-0.2, 0) is 4.74 Å². The van der Waals surface area contributed by atoms with Gasteiger partial charge in [-0.3, -0.25) is 0 Å². The molecular formula is C18H13BrN2O2. The largest absolute Gasteiger partial charge is 0.464 e. The zero-order valence-corrected chi connectivity index (χ0v) is 13.9. The van der Waals surface area contributed by atoms with Crippen molar-refractivity contribution in [2.75, 3.05) is 7.11 Å². The second-order valence-corrected chi connectivity index (χ2v) is 5.73. The van der Waals surface area contributed by atoms with Gasteiger partial charge in [0, 0.05) is 15.6 Å². The molecule has 0 N–H and O–H groups in total. The highest BCUT2D eigenvalue weighted by Crippen LogP contribution is 2.33. The fourth-order valence-corrected chi connectivity index (χ4v) is 2.61. The smallest absolute Gasteiger partial charge is 0.357 e. The van der Waals surface area contributed by atoms with E-state index in [4.69, 9.17) is 4.74 Å². The standard InChI is InChI=1S/C18H13BrN2O2/c1-23-18(22)17-15(12-7-9-14(19)10-8-12)16(20-11-21-17)13-5-3-2-4-6-13/h2-11H,1H3. The van der Waals surface area contributed by atoms with Crippen LogP contribution in [0.5, 0.6) is 0 Å². The summed E-state index contributed by atoms with van der Waals surface area (Å²) in [5.41, 5.74) is 3.39. The number of hydrogen-bond acceptors (Lipinski definition) is 4. The second-order valence-electron chi connectivity index (χ2n) is 4.81. The molecule has 1 aromatic heterocycles. The Hall–Kier alpha value is -2.53. The lowest BCUT2D eigenvalue weighted by atomic mass is 9.97. The molecule has 0 aliphatic heterocycles. The maximum absolute atomic E-state index is 12.1. The zero-order valence-electron chi connectivity index (χ0n) is 12.4. The van der Waals surface area contributed by atoms with Gasteiger partial charge in [-0.2, -0.15) is 0 Å². The van der Waals surface area contributed by atoms with Gasteiger partial charge in [-0.25, -0.2) is 14.8 Å². The molecule has 4 nitrogen and oxygen atoms in total. The number of esters is 1. The number of ether oxygens (including phenoxy) is 1. The predicted molar refractivity (Wildman–Crippen MR) is 91.9 cm³/mol. The van der Waals surface area contributed by atoms with E-state index < -0.39 is 5.97 Å². The van der Waals surface area contributed by atoms with Gasteiger partial charge in [0.1, 0.15) is 6.33 Å². The van der Waals surface area contributed by atoms with Crippen LogP contribution in [0.2, 0.25) is 0 Å². The number of nitrogens with zero attached hydrogens (tertiary/aromatic N) is 2. The van der Waals surface area contributed by atoms with E-state index in [2.05, 4.69) is 25.9 Å². The van der Waals surface area contributed by atoms with Gasteiger partial charge in [-0.1, -0.05) is 58.4 Å². The average molecular weight is 369 g/mol. The number of methoxy groups -OCH3 is 1. The lowest BCUT2D eigenvalue weighted by Gasteiger charge is -2.12. The van der Waals surface area contributed by atoms with Crippen LogP contribution in [0.3, 0.4) is 0 Å². The highest BCUT2D eigenvalue weighted by molar-refractivity contribution is 9.10. The third kappa shape index (κ3) is 3.14. The topological polar surface area (TPSA) is 52.1 Å². The van der Waals surface area contributed by atoms with Crippen LogP contribution in [0.1, 0.15) is 10.5 Å². The Kier molecular flexibility index (Phi) is 4.48. The first-order valence-corrected chi connectivity index (χ1v) is 7.74. The summed E-state index contributed by atoms with van der Waals surface area (Å²) in [6.07, 6.45) is 1.39. The number of aromatic nitrogens is 2. The van der Waals surface area contributed by atoms with Crippen molar-refractivity contribution in [3.05, 3.63) is 71.1 Å². The van der Waals surface area contributed by atoms with Gasteiger partial charge in [0.05, 0.1) is 12.8 Å². The fraction of sp³-hybridized carbons (Fsp3) is 0.0556. The number of benzene rings is 2. The Morgan fingerprint density at radius 1 is 0.957 bits per heavy atom. The molecule has 0 saturated carbocycles. The van der Waals surface area contributed by atoms with E-state index in [1.165, 1.54) is 13.4 Å². The van der Waals surface area contributed by atoms with Gasteiger partial charge < -0.3 is 4.74 Å². The molecule has 0 spiro atoms. The van der Waals surface area contributed by atoms with Crippen molar-refractivity contribution in [2.24, 2.45) is 0 Å². The third-order valence-corrected chi connectivity index (χ3v) is 3.93. The van der Waals surface area contributed by atoms with Crippen molar-refractivity contribution in [3.63, 3.8) is 0 Å². The van der Waals surface area contributed by atoms with Gasteiger partial charge >= 0.3 is 5.97 Å². The molecule has 0 saturated heterocycles. The van der Waals surface area contributed by atoms with Gasteiger partial charge in [-0.05, 0) is 17.7 Å². The maximum Gasteiger partial charge on any atom is 0.357 e. The van der Waals surface area contributed by atoms with Crippen LogP contribution in [0.15, 0.2) is 65.4 Å². The van der Waals surface area contributed by atoms with Crippen molar-refractivity contribution in [1.29, 1.82) is 0 Å². The Balaban J connectivity index is 2.28. The molecule has 0 radical (unpaired) electrons. The van der Waals surface area contributed by atoms with Crippen LogP contribution in [0.25, 0.3) is 22.4 Å². The van der Waals surface area contributed by atoms with E-state index in [0.29, 0.717) is 11.3 Å². The lowest BCUT2D eigenvalue weighted by Crippen LogP contribution is -2.08. The number of carbonyl (C=O) groups is 1. The quantitative estimate of drug-likeness (QED) is 0.644. The molecule has 5 heteroatoms. The molecule has 23 heavy (non-hydrogen) atoms. The normalized spacial score (nSPS) is 10.3. The highest BCUT2D eigenvalue weighted by atomic mass is 79.9. The van der Waals surface area contributed by atoms with Crippen LogP contribution < -0.4 is 0 Å². The van der Waals surface area contributed by atoms with E-state index in [9.17, 15) is 4.79 Å².